The lowest BCUT2D eigenvalue weighted by molar-refractivity contribution is -0.143. The van der Waals surface area contributed by atoms with Gasteiger partial charge in [0.2, 0.25) is 5.91 Å². The maximum absolute atomic E-state index is 12.8. The Balaban J connectivity index is 1.20. The molecule has 1 N–H and O–H groups in total. The first kappa shape index (κ1) is 17.0. The van der Waals surface area contributed by atoms with E-state index in [2.05, 4.69) is 9.88 Å². The number of likely N-dealkylation sites (tertiary alicyclic amines) is 2. The molecule has 1 aromatic heterocycles. The van der Waals surface area contributed by atoms with Gasteiger partial charge in [0, 0.05) is 44.9 Å². The number of rotatable bonds is 3. The molecule has 7 nitrogen and oxygen atoms in total. The second kappa shape index (κ2) is 6.80. The lowest BCUT2D eigenvalue weighted by Gasteiger charge is -2.44. The van der Waals surface area contributed by atoms with Crippen molar-refractivity contribution >= 4 is 16.9 Å². The van der Waals surface area contributed by atoms with Gasteiger partial charge in [0.25, 0.3) is 0 Å². The van der Waals surface area contributed by atoms with Crippen molar-refractivity contribution in [3.63, 3.8) is 0 Å². The number of nitrogens with zero attached hydrogens (tertiary/aromatic N) is 3. The van der Waals surface area contributed by atoms with Gasteiger partial charge < -0.3 is 14.6 Å². The summed E-state index contributed by atoms with van der Waals surface area (Å²) in [6, 6.07) is 8.48. The molecule has 1 aromatic carbocycles. The van der Waals surface area contributed by atoms with E-state index in [1.54, 1.807) is 0 Å². The number of piperidine rings is 1. The van der Waals surface area contributed by atoms with Crippen LogP contribution in [-0.4, -0.2) is 70.7 Å². The number of carbonyl (C=O) groups is 1. The van der Waals surface area contributed by atoms with E-state index < -0.39 is 0 Å². The molecule has 0 bridgehead atoms. The highest BCUT2D eigenvalue weighted by molar-refractivity contribution is 5.80. The normalized spacial score (nSPS) is 25.2. The van der Waals surface area contributed by atoms with Gasteiger partial charge >= 0.3 is 5.69 Å². The van der Waals surface area contributed by atoms with Gasteiger partial charge in [-0.2, -0.15) is 0 Å². The molecule has 27 heavy (non-hydrogen) atoms. The van der Waals surface area contributed by atoms with Crippen molar-refractivity contribution in [1.29, 1.82) is 0 Å². The molecule has 7 heteroatoms. The largest absolute Gasteiger partial charge is 0.380 e. The minimum absolute atomic E-state index is 0.0469. The molecule has 0 radical (unpaired) electrons. The molecule has 4 heterocycles. The van der Waals surface area contributed by atoms with Crippen molar-refractivity contribution < 1.29 is 9.53 Å². The van der Waals surface area contributed by atoms with E-state index in [1.165, 1.54) is 0 Å². The Labute approximate surface area is 157 Å². The fourth-order valence-corrected chi connectivity index (χ4v) is 4.82. The van der Waals surface area contributed by atoms with Gasteiger partial charge in [0.05, 0.1) is 23.6 Å². The van der Waals surface area contributed by atoms with Crippen LogP contribution in [0.15, 0.2) is 29.1 Å². The number of carbonyl (C=O) groups excluding carboxylic acids is 1. The minimum atomic E-state index is -0.0469. The van der Waals surface area contributed by atoms with Crippen molar-refractivity contribution in [1.82, 2.24) is 19.4 Å². The van der Waals surface area contributed by atoms with Crippen LogP contribution in [0.5, 0.6) is 0 Å². The molecular weight excluding hydrogens is 344 g/mol. The zero-order valence-electron chi connectivity index (χ0n) is 15.5. The summed E-state index contributed by atoms with van der Waals surface area (Å²) in [4.78, 5) is 32.5. The summed E-state index contributed by atoms with van der Waals surface area (Å²) in [7, 11) is 0. The summed E-state index contributed by atoms with van der Waals surface area (Å²) < 4.78 is 7.32. The van der Waals surface area contributed by atoms with E-state index in [4.69, 9.17) is 4.74 Å². The second-order valence-corrected chi connectivity index (χ2v) is 8.04. The first-order valence-electron chi connectivity index (χ1n) is 10.0. The summed E-state index contributed by atoms with van der Waals surface area (Å²) in [5, 5.41) is 0. The molecule has 0 saturated carbocycles. The molecule has 2 aromatic rings. The van der Waals surface area contributed by atoms with Crippen LogP contribution >= 0.6 is 0 Å². The van der Waals surface area contributed by atoms with Gasteiger partial charge in [-0.3, -0.25) is 14.3 Å². The van der Waals surface area contributed by atoms with Gasteiger partial charge in [-0.25, -0.2) is 4.79 Å². The fraction of sp³-hybridized carbons (Fsp3) is 0.600. The van der Waals surface area contributed by atoms with Gasteiger partial charge in [-0.05, 0) is 31.4 Å². The van der Waals surface area contributed by atoms with Crippen LogP contribution in [0, 0.1) is 5.92 Å². The first-order valence-corrected chi connectivity index (χ1v) is 10.0. The molecule has 5 rings (SSSR count). The summed E-state index contributed by atoms with van der Waals surface area (Å²) in [6.07, 6.45) is 2.76. The van der Waals surface area contributed by atoms with E-state index in [0.717, 1.165) is 69.7 Å². The summed E-state index contributed by atoms with van der Waals surface area (Å²) in [6.45, 7) is 4.87. The smallest absolute Gasteiger partial charge is 0.326 e. The molecule has 3 aliphatic heterocycles. The molecule has 0 aliphatic carbocycles. The quantitative estimate of drug-likeness (QED) is 0.882. The van der Waals surface area contributed by atoms with Crippen molar-refractivity contribution in [3.8, 4) is 0 Å². The van der Waals surface area contributed by atoms with Gasteiger partial charge in [0.15, 0.2) is 0 Å². The van der Waals surface area contributed by atoms with Crippen LogP contribution in [0.3, 0.4) is 0 Å². The molecule has 3 aliphatic rings. The Hall–Kier alpha value is -2.12. The van der Waals surface area contributed by atoms with Crippen LogP contribution in [0.2, 0.25) is 0 Å². The number of hydrogen-bond donors (Lipinski definition) is 1. The zero-order chi connectivity index (χ0) is 18.4. The average Bonchev–Trinajstić information content (AvgIpc) is 3.27. The highest BCUT2D eigenvalue weighted by atomic mass is 16.5. The summed E-state index contributed by atoms with van der Waals surface area (Å²) in [5.41, 5.74) is 1.79. The number of amides is 1. The Morgan fingerprint density at radius 2 is 1.85 bits per heavy atom. The molecular formula is C20H26N4O3. The van der Waals surface area contributed by atoms with Crippen molar-refractivity contribution in [2.75, 3.05) is 39.4 Å². The Bertz CT molecular complexity index is 884. The number of ether oxygens (including phenoxy) is 1. The number of H-pyrrole nitrogens is 1. The third-order valence-corrected chi connectivity index (χ3v) is 6.45. The monoisotopic (exact) mass is 370 g/mol. The Morgan fingerprint density at radius 1 is 1.07 bits per heavy atom. The topological polar surface area (TPSA) is 70.6 Å². The number of hydrogen-bond acceptors (Lipinski definition) is 4. The first-order chi connectivity index (χ1) is 13.2. The van der Waals surface area contributed by atoms with E-state index in [1.807, 2.05) is 33.7 Å². The molecule has 3 fully saturated rings. The maximum Gasteiger partial charge on any atom is 0.326 e. The van der Waals surface area contributed by atoms with Crippen LogP contribution in [-0.2, 0) is 9.53 Å². The lowest BCUT2D eigenvalue weighted by atomic mass is 9.94. The van der Waals surface area contributed by atoms with Crippen molar-refractivity contribution in [3.05, 3.63) is 34.7 Å². The predicted molar refractivity (Wildman–Crippen MR) is 102 cm³/mol. The van der Waals surface area contributed by atoms with E-state index in [0.29, 0.717) is 6.04 Å². The van der Waals surface area contributed by atoms with E-state index >= 15 is 0 Å². The van der Waals surface area contributed by atoms with Gasteiger partial charge in [-0.1, -0.05) is 12.1 Å². The predicted octanol–water partition coefficient (Wildman–Crippen LogP) is 1.21. The number of para-hydroxylation sites is 2. The zero-order valence-corrected chi connectivity index (χ0v) is 15.5. The average molecular weight is 370 g/mol. The third kappa shape index (κ3) is 2.99. The van der Waals surface area contributed by atoms with E-state index in [-0.39, 0.29) is 23.6 Å². The highest BCUT2D eigenvalue weighted by Gasteiger charge is 2.40. The second-order valence-electron chi connectivity index (χ2n) is 8.04. The third-order valence-electron chi connectivity index (χ3n) is 6.45. The number of nitrogens with one attached hydrogen (secondary N) is 1. The highest BCUT2D eigenvalue weighted by Crippen LogP contribution is 2.29. The van der Waals surface area contributed by atoms with Gasteiger partial charge in [-0.15, -0.1) is 0 Å². The number of aromatic nitrogens is 2. The number of benzene rings is 1. The number of aromatic amines is 1. The molecule has 1 atom stereocenters. The molecule has 0 spiro atoms. The molecule has 1 unspecified atom stereocenters. The van der Waals surface area contributed by atoms with Crippen LogP contribution in [0.25, 0.3) is 11.0 Å². The minimum Gasteiger partial charge on any atom is -0.380 e. The fourth-order valence-electron chi connectivity index (χ4n) is 4.82. The number of imidazole rings is 1. The van der Waals surface area contributed by atoms with Crippen molar-refractivity contribution in [2.24, 2.45) is 5.92 Å². The summed E-state index contributed by atoms with van der Waals surface area (Å²) in [5.74, 6) is 0.424. The molecule has 1 amide bonds. The van der Waals surface area contributed by atoms with Gasteiger partial charge in [0.1, 0.15) is 0 Å². The van der Waals surface area contributed by atoms with Crippen LogP contribution in [0.4, 0.5) is 0 Å². The Morgan fingerprint density at radius 3 is 2.59 bits per heavy atom. The number of fused-ring (bicyclic) bond motifs is 1. The standard InChI is InChI=1S/C20H26N4O3/c25-19(14-11-23(12-14)16-7-10-27-13-16)22-8-5-15(6-9-22)24-18-4-2-1-3-17(18)21-20(24)26/h1-4,14-16H,5-13H2,(H,21,26). The van der Waals surface area contributed by atoms with Crippen LogP contribution in [0.1, 0.15) is 25.3 Å². The van der Waals surface area contributed by atoms with Crippen LogP contribution < -0.4 is 5.69 Å². The SMILES string of the molecule is O=C(C1CN(C2CCOC2)C1)N1CCC(n2c(=O)[nH]c3ccccc32)CC1. The summed E-state index contributed by atoms with van der Waals surface area (Å²) >= 11 is 0. The maximum atomic E-state index is 12.8. The molecule has 3 saturated heterocycles. The van der Waals surface area contributed by atoms with Crippen molar-refractivity contribution in [2.45, 2.75) is 31.3 Å². The molecule has 144 valence electrons. The lowest BCUT2D eigenvalue weighted by Crippen LogP contribution is -2.58. The van der Waals surface area contributed by atoms with E-state index in [9.17, 15) is 9.59 Å². The Kier molecular flexibility index (Phi) is 4.28.